The monoisotopic (exact) mass is 443 g/mol. The number of rotatable bonds is 6. The molecule has 1 aliphatic heterocycles. The molecule has 2 unspecified atom stereocenters. The van der Waals surface area contributed by atoms with Crippen LogP contribution < -0.4 is 20.1 Å². The lowest BCUT2D eigenvalue weighted by molar-refractivity contribution is -0.120. The van der Waals surface area contributed by atoms with E-state index >= 15 is 0 Å². The molecule has 3 rings (SSSR count). The molecule has 1 saturated heterocycles. The fourth-order valence-electron chi connectivity index (χ4n) is 2.58. The Hall–Kier alpha value is -2.33. The van der Waals surface area contributed by atoms with Gasteiger partial charge in [-0.2, -0.15) is 0 Å². The van der Waals surface area contributed by atoms with E-state index in [-0.39, 0.29) is 4.90 Å². The van der Waals surface area contributed by atoms with Crippen LogP contribution in [0, 0.1) is 0 Å². The highest BCUT2D eigenvalue weighted by Gasteiger charge is 2.36. The lowest BCUT2D eigenvalue weighted by atomic mass is 10.1. The van der Waals surface area contributed by atoms with Gasteiger partial charge in [0, 0.05) is 16.1 Å². The van der Waals surface area contributed by atoms with Gasteiger partial charge >= 0.3 is 6.03 Å². The standard InChI is InChI=1S/C17H15Cl2N3O5S/c1-9(15-16(23)21-17(24)20-15)22-28(25,26)14-4-2-12(3-5-14)27-13-7-10(18)6-11(19)8-13/h2-9,15,22H,1H3,(H2,20,21,23,24). The van der Waals surface area contributed by atoms with Crippen molar-refractivity contribution < 1.29 is 22.7 Å². The molecule has 11 heteroatoms. The van der Waals surface area contributed by atoms with E-state index in [0.29, 0.717) is 21.5 Å². The van der Waals surface area contributed by atoms with E-state index in [1.807, 2.05) is 0 Å². The van der Waals surface area contributed by atoms with Gasteiger partial charge in [-0.25, -0.2) is 17.9 Å². The lowest BCUT2D eigenvalue weighted by Gasteiger charge is -2.18. The van der Waals surface area contributed by atoms with Crippen LogP contribution in [0.2, 0.25) is 10.0 Å². The lowest BCUT2D eigenvalue weighted by Crippen LogP contribution is -2.49. The summed E-state index contributed by atoms with van der Waals surface area (Å²) in [5.41, 5.74) is 0. The van der Waals surface area contributed by atoms with Crippen LogP contribution in [0.25, 0.3) is 0 Å². The predicted molar refractivity (Wildman–Crippen MR) is 103 cm³/mol. The molecule has 8 nitrogen and oxygen atoms in total. The largest absolute Gasteiger partial charge is 0.457 e. The Morgan fingerprint density at radius 3 is 2.18 bits per heavy atom. The second-order valence-electron chi connectivity index (χ2n) is 6.03. The topological polar surface area (TPSA) is 114 Å². The average Bonchev–Trinajstić information content (AvgIpc) is 2.92. The minimum atomic E-state index is -3.92. The first kappa shape index (κ1) is 20.4. The normalized spacial score (nSPS) is 17.8. The molecule has 1 aliphatic rings. The highest BCUT2D eigenvalue weighted by molar-refractivity contribution is 7.89. The second kappa shape index (κ2) is 7.96. The smallest absolute Gasteiger partial charge is 0.322 e. The van der Waals surface area contributed by atoms with Gasteiger partial charge in [0.25, 0.3) is 5.91 Å². The maximum absolute atomic E-state index is 12.5. The molecule has 0 aromatic heterocycles. The average molecular weight is 444 g/mol. The van der Waals surface area contributed by atoms with Gasteiger partial charge in [0.2, 0.25) is 10.0 Å². The van der Waals surface area contributed by atoms with E-state index in [0.717, 1.165) is 0 Å². The third-order valence-corrected chi connectivity index (χ3v) is 5.86. The summed E-state index contributed by atoms with van der Waals surface area (Å²) in [4.78, 5) is 22.8. The molecule has 0 radical (unpaired) electrons. The van der Waals surface area contributed by atoms with Gasteiger partial charge in [-0.15, -0.1) is 0 Å². The molecule has 3 N–H and O–H groups in total. The van der Waals surface area contributed by atoms with E-state index in [2.05, 4.69) is 15.4 Å². The molecule has 0 bridgehead atoms. The van der Waals surface area contributed by atoms with Crippen LogP contribution in [-0.2, 0) is 14.8 Å². The summed E-state index contributed by atoms with van der Waals surface area (Å²) in [6.45, 7) is 1.48. The van der Waals surface area contributed by atoms with Crippen LogP contribution in [0.3, 0.4) is 0 Å². The Morgan fingerprint density at radius 1 is 1.04 bits per heavy atom. The molecule has 148 valence electrons. The maximum atomic E-state index is 12.5. The summed E-state index contributed by atoms with van der Waals surface area (Å²) in [7, 11) is -3.92. The van der Waals surface area contributed by atoms with E-state index in [4.69, 9.17) is 27.9 Å². The van der Waals surface area contributed by atoms with Gasteiger partial charge in [-0.3, -0.25) is 10.1 Å². The molecule has 1 fully saturated rings. The van der Waals surface area contributed by atoms with Crippen LogP contribution in [-0.4, -0.2) is 32.4 Å². The Balaban J connectivity index is 1.71. The van der Waals surface area contributed by atoms with Crippen LogP contribution in [0.5, 0.6) is 11.5 Å². The van der Waals surface area contributed by atoms with Gasteiger partial charge in [0.05, 0.1) is 4.90 Å². The summed E-state index contributed by atoms with van der Waals surface area (Å²) >= 11 is 11.8. The number of imide groups is 1. The first-order valence-electron chi connectivity index (χ1n) is 8.02. The minimum absolute atomic E-state index is 0.0273. The van der Waals surface area contributed by atoms with Crippen molar-refractivity contribution in [3.8, 4) is 11.5 Å². The van der Waals surface area contributed by atoms with Gasteiger partial charge < -0.3 is 10.1 Å². The van der Waals surface area contributed by atoms with Crippen molar-refractivity contribution in [3.63, 3.8) is 0 Å². The number of carbonyl (C=O) groups is 2. The molecule has 0 spiro atoms. The van der Waals surface area contributed by atoms with Crippen molar-refractivity contribution in [1.29, 1.82) is 0 Å². The zero-order valence-electron chi connectivity index (χ0n) is 14.4. The van der Waals surface area contributed by atoms with Crippen LogP contribution in [0.1, 0.15) is 6.92 Å². The number of benzene rings is 2. The number of amides is 3. The van der Waals surface area contributed by atoms with Crippen LogP contribution >= 0.6 is 23.2 Å². The van der Waals surface area contributed by atoms with Crippen LogP contribution in [0.15, 0.2) is 47.4 Å². The molecule has 1 heterocycles. The van der Waals surface area contributed by atoms with Crippen molar-refractivity contribution >= 4 is 45.2 Å². The number of hydrogen-bond acceptors (Lipinski definition) is 5. The van der Waals surface area contributed by atoms with Crippen molar-refractivity contribution in [2.75, 3.05) is 0 Å². The Morgan fingerprint density at radius 2 is 1.64 bits per heavy atom. The number of ether oxygens (including phenoxy) is 1. The molecule has 0 aliphatic carbocycles. The van der Waals surface area contributed by atoms with Gasteiger partial charge in [0.1, 0.15) is 17.5 Å². The first-order valence-corrected chi connectivity index (χ1v) is 10.3. The van der Waals surface area contributed by atoms with Crippen molar-refractivity contribution in [1.82, 2.24) is 15.4 Å². The fraction of sp³-hybridized carbons (Fsp3) is 0.176. The van der Waals surface area contributed by atoms with Gasteiger partial charge in [0.15, 0.2) is 0 Å². The Bertz CT molecular complexity index is 1010. The van der Waals surface area contributed by atoms with Crippen molar-refractivity contribution in [2.24, 2.45) is 0 Å². The van der Waals surface area contributed by atoms with Crippen molar-refractivity contribution in [3.05, 3.63) is 52.5 Å². The van der Waals surface area contributed by atoms with Crippen molar-refractivity contribution in [2.45, 2.75) is 23.9 Å². The molecular weight excluding hydrogens is 429 g/mol. The van der Waals surface area contributed by atoms with Gasteiger partial charge in [-0.1, -0.05) is 23.2 Å². The summed E-state index contributed by atoms with van der Waals surface area (Å²) < 4.78 is 33.0. The maximum Gasteiger partial charge on any atom is 0.322 e. The number of carbonyl (C=O) groups excluding carboxylic acids is 2. The number of sulfonamides is 1. The number of urea groups is 1. The molecule has 2 aromatic carbocycles. The molecule has 0 saturated carbocycles. The SMILES string of the molecule is CC(NS(=O)(=O)c1ccc(Oc2cc(Cl)cc(Cl)c2)cc1)C1NC(=O)NC1=O. The zero-order chi connectivity index (χ0) is 20.5. The van der Waals surface area contributed by atoms with E-state index in [1.165, 1.54) is 31.2 Å². The molecule has 2 atom stereocenters. The molecular formula is C17H15Cl2N3O5S. The number of hydrogen-bond donors (Lipinski definition) is 3. The first-order chi connectivity index (χ1) is 13.1. The minimum Gasteiger partial charge on any atom is -0.457 e. The summed E-state index contributed by atoms with van der Waals surface area (Å²) in [6, 6.07) is 7.85. The summed E-state index contributed by atoms with van der Waals surface area (Å²) in [5.74, 6) is 0.194. The molecule has 3 amide bonds. The quantitative estimate of drug-likeness (QED) is 0.593. The predicted octanol–water partition coefficient (Wildman–Crippen LogP) is 2.66. The fourth-order valence-corrected chi connectivity index (χ4v) is 4.34. The van der Waals surface area contributed by atoms with Crippen LogP contribution in [0.4, 0.5) is 4.79 Å². The summed E-state index contributed by atoms with van der Waals surface area (Å²) in [6.07, 6.45) is 0. The molecule has 2 aromatic rings. The highest BCUT2D eigenvalue weighted by atomic mass is 35.5. The third-order valence-electron chi connectivity index (χ3n) is 3.85. The van der Waals surface area contributed by atoms with E-state index in [1.54, 1.807) is 18.2 Å². The van der Waals surface area contributed by atoms with Gasteiger partial charge in [-0.05, 0) is 49.4 Å². The zero-order valence-corrected chi connectivity index (χ0v) is 16.7. The highest BCUT2D eigenvalue weighted by Crippen LogP contribution is 2.28. The second-order valence-corrected chi connectivity index (χ2v) is 8.62. The summed E-state index contributed by atoms with van der Waals surface area (Å²) in [5, 5.41) is 5.22. The Kier molecular flexibility index (Phi) is 5.80. The molecule has 28 heavy (non-hydrogen) atoms. The number of halogens is 2. The van der Waals surface area contributed by atoms with E-state index < -0.39 is 34.0 Å². The van der Waals surface area contributed by atoms with E-state index in [9.17, 15) is 18.0 Å². The third kappa shape index (κ3) is 4.74. The number of nitrogens with one attached hydrogen (secondary N) is 3. The Labute approximate surface area is 171 Å².